The summed E-state index contributed by atoms with van der Waals surface area (Å²) in [6, 6.07) is 5.56. The molecule has 5 heteroatoms. The molecule has 1 fully saturated rings. The summed E-state index contributed by atoms with van der Waals surface area (Å²) in [5.41, 5.74) is 1.07. The van der Waals surface area contributed by atoms with Crippen molar-refractivity contribution in [1.82, 2.24) is 10.2 Å². The van der Waals surface area contributed by atoms with E-state index >= 15 is 0 Å². The standard InChI is InChI=1S/C17H25N3O2/c1-17(2,3)16(20-9-7-19-8-10-20)14-12(11-18)5-6-13(22-4)15(14)21/h5-6,16,19,21H,7-10H2,1-4H3/t16-/m0/s1. The van der Waals surface area contributed by atoms with Gasteiger partial charge in [0.15, 0.2) is 11.5 Å². The zero-order valence-corrected chi connectivity index (χ0v) is 13.8. The normalized spacial score (nSPS) is 17.8. The molecule has 2 N–H and O–H groups in total. The molecule has 1 aromatic rings. The Balaban J connectivity index is 2.58. The van der Waals surface area contributed by atoms with Crippen molar-refractivity contribution in [1.29, 1.82) is 5.26 Å². The lowest BCUT2D eigenvalue weighted by Crippen LogP contribution is -2.48. The fraction of sp³-hybridized carbons (Fsp3) is 0.588. The van der Waals surface area contributed by atoms with Crippen LogP contribution in [0.2, 0.25) is 0 Å². The highest BCUT2D eigenvalue weighted by molar-refractivity contribution is 5.55. The average Bonchev–Trinajstić information content (AvgIpc) is 2.49. The summed E-state index contributed by atoms with van der Waals surface area (Å²) in [5.74, 6) is 0.499. The van der Waals surface area contributed by atoms with Gasteiger partial charge in [-0.25, -0.2) is 0 Å². The van der Waals surface area contributed by atoms with Gasteiger partial charge < -0.3 is 15.2 Å². The van der Waals surface area contributed by atoms with Gasteiger partial charge in [-0.2, -0.15) is 5.26 Å². The van der Waals surface area contributed by atoms with Crippen molar-refractivity contribution >= 4 is 0 Å². The Morgan fingerprint density at radius 2 is 1.95 bits per heavy atom. The molecule has 5 nitrogen and oxygen atoms in total. The number of phenols is 1. The smallest absolute Gasteiger partial charge is 0.163 e. The fourth-order valence-electron chi connectivity index (χ4n) is 3.23. The molecule has 0 aliphatic carbocycles. The van der Waals surface area contributed by atoms with Crippen molar-refractivity contribution in [3.63, 3.8) is 0 Å². The van der Waals surface area contributed by atoms with E-state index in [1.807, 2.05) is 0 Å². The van der Waals surface area contributed by atoms with Gasteiger partial charge in [-0.3, -0.25) is 4.90 Å². The summed E-state index contributed by atoms with van der Waals surface area (Å²) in [6.45, 7) is 10.0. The molecule has 0 aromatic heterocycles. The number of hydrogen-bond donors (Lipinski definition) is 2. The molecule has 1 saturated heterocycles. The molecule has 1 aliphatic heterocycles. The zero-order valence-electron chi connectivity index (χ0n) is 13.8. The summed E-state index contributed by atoms with van der Waals surface area (Å²) in [6.07, 6.45) is 0. The number of methoxy groups -OCH3 is 1. The molecular weight excluding hydrogens is 278 g/mol. The molecule has 0 unspecified atom stereocenters. The predicted octanol–water partition coefficient (Wildman–Crippen LogP) is 2.26. The highest BCUT2D eigenvalue weighted by Crippen LogP contribution is 2.46. The van der Waals surface area contributed by atoms with Crippen LogP contribution < -0.4 is 10.1 Å². The quantitative estimate of drug-likeness (QED) is 0.896. The number of aromatic hydroxyl groups is 1. The van der Waals surface area contributed by atoms with Crippen LogP contribution in [0.25, 0.3) is 0 Å². The second-order valence-electron chi connectivity index (χ2n) is 6.74. The van der Waals surface area contributed by atoms with Gasteiger partial charge in [0.25, 0.3) is 0 Å². The van der Waals surface area contributed by atoms with Gasteiger partial charge in [0.1, 0.15) is 0 Å². The third-order valence-corrected chi connectivity index (χ3v) is 4.13. The largest absolute Gasteiger partial charge is 0.504 e. The molecule has 0 spiro atoms. The summed E-state index contributed by atoms with van der Waals surface area (Å²) >= 11 is 0. The van der Waals surface area contributed by atoms with Crippen molar-refractivity contribution in [2.45, 2.75) is 26.8 Å². The first kappa shape index (κ1) is 16.6. The minimum absolute atomic E-state index is 0.0423. The first-order chi connectivity index (χ1) is 10.4. The Kier molecular flexibility index (Phi) is 4.94. The van der Waals surface area contributed by atoms with E-state index in [-0.39, 0.29) is 17.2 Å². The summed E-state index contributed by atoms with van der Waals surface area (Å²) in [7, 11) is 1.53. The molecule has 1 aromatic carbocycles. The Morgan fingerprint density at radius 1 is 1.32 bits per heavy atom. The van der Waals surface area contributed by atoms with Crippen molar-refractivity contribution in [3.05, 3.63) is 23.3 Å². The average molecular weight is 303 g/mol. The lowest BCUT2D eigenvalue weighted by Gasteiger charge is -2.43. The predicted molar refractivity (Wildman–Crippen MR) is 86.0 cm³/mol. The van der Waals surface area contributed by atoms with Crippen LogP contribution in [0.5, 0.6) is 11.5 Å². The van der Waals surface area contributed by atoms with Gasteiger partial charge >= 0.3 is 0 Å². The van der Waals surface area contributed by atoms with Gasteiger partial charge in [0, 0.05) is 37.8 Å². The highest BCUT2D eigenvalue weighted by Gasteiger charge is 2.36. The molecule has 0 saturated carbocycles. The topological polar surface area (TPSA) is 68.5 Å². The van der Waals surface area contributed by atoms with Gasteiger partial charge in [-0.05, 0) is 17.5 Å². The maximum absolute atomic E-state index is 10.6. The third kappa shape index (κ3) is 3.18. The number of hydrogen-bond acceptors (Lipinski definition) is 5. The highest BCUT2D eigenvalue weighted by atomic mass is 16.5. The van der Waals surface area contributed by atoms with Gasteiger partial charge in [-0.15, -0.1) is 0 Å². The van der Waals surface area contributed by atoms with Crippen molar-refractivity contribution in [2.24, 2.45) is 5.41 Å². The van der Waals surface area contributed by atoms with E-state index in [9.17, 15) is 10.4 Å². The van der Waals surface area contributed by atoms with E-state index in [1.54, 1.807) is 12.1 Å². The van der Waals surface area contributed by atoms with Gasteiger partial charge in [-0.1, -0.05) is 20.8 Å². The first-order valence-corrected chi connectivity index (χ1v) is 7.65. The first-order valence-electron chi connectivity index (χ1n) is 7.65. The van der Waals surface area contributed by atoms with Crippen molar-refractivity contribution in [3.8, 4) is 17.6 Å². The number of nitriles is 1. The van der Waals surface area contributed by atoms with Crippen LogP contribution in [-0.4, -0.2) is 43.3 Å². The second kappa shape index (κ2) is 6.55. The molecular formula is C17H25N3O2. The number of ether oxygens (including phenoxy) is 1. The maximum atomic E-state index is 10.6. The summed E-state index contributed by atoms with van der Waals surface area (Å²) < 4.78 is 5.25. The van der Waals surface area contributed by atoms with Crippen LogP contribution in [0.4, 0.5) is 0 Å². The van der Waals surface area contributed by atoms with Crippen molar-refractivity contribution in [2.75, 3.05) is 33.3 Å². The van der Waals surface area contributed by atoms with Crippen LogP contribution in [0.3, 0.4) is 0 Å². The van der Waals surface area contributed by atoms with Crippen LogP contribution >= 0.6 is 0 Å². The van der Waals surface area contributed by atoms with E-state index in [0.29, 0.717) is 16.9 Å². The molecule has 0 radical (unpaired) electrons. The molecule has 0 bridgehead atoms. The lowest BCUT2D eigenvalue weighted by molar-refractivity contribution is 0.0837. The maximum Gasteiger partial charge on any atom is 0.163 e. The van der Waals surface area contributed by atoms with E-state index < -0.39 is 0 Å². The van der Waals surface area contributed by atoms with Crippen LogP contribution in [0.15, 0.2) is 12.1 Å². The molecule has 1 aliphatic rings. The van der Waals surface area contributed by atoms with Crippen LogP contribution in [0.1, 0.15) is 37.9 Å². The summed E-state index contributed by atoms with van der Waals surface area (Å²) in [4.78, 5) is 2.34. The van der Waals surface area contributed by atoms with Gasteiger partial charge in [0.2, 0.25) is 0 Å². The van der Waals surface area contributed by atoms with Crippen molar-refractivity contribution < 1.29 is 9.84 Å². The minimum Gasteiger partial charge on any atom is -0.504 e. The number of benzene rings is 1. The third-order valence-electron chi connectivity index (χ3n) is 4.13. The van der Waals surface area contributed by atoms with E-state index in [4.69, 9.17) is 4.74 Å². The Morgan fingerprint density at radius 3 is 2.45 bits per heavy atom. The Labute approximate surface area is 132 Å². The monoisotopic (exact) mass is 303 g/mol. The number of nitrogens with zero attached hydrogens (tertiary/aromatic N) is 2. The van der Waals surface area contributed by atoms with Crippen LogP contribution in [0, 0.1) is 16.7 Å². The minimum atomic E-state index is -0.118. The number of rotatable bonds is 3. The van der Waals surface area contributed by atoms with Crippen LogP contribution in [-0.2, 0) is 0 Å². The fourth-order valence-corrected chi connectivity index (χ4v) is 3.23. The van der Waals surface area contributed by atoms with E-state index in [2.05, 4.69) is 37.1 Å². The zero-order chi connectivity index (χ0) is 16.3. The molecule has 1 atom stereocenters. The SMILES string of the molecule is COc1ccc(C#N)c([C@H](N2CCNCC2)C(C)(C)C)c1O. The molecule has 22 heavy (non-hydrogen) atoms. The van der Waals surface area contributed by atoms with E-state index in [0.717, 1.165) is 26.2 Å². The Hall–Kier alpha value is -1.77. The second-order valence-corrected chi connectivity index (χ2v) is 6.74. The number of nitrogens with one attached hydrogen (secondary N) is 1. The van der Waals surface area contributed by atoms with E-state index in [1.165, 1.54) is 7.11 Å². The Bertz CT molecular complexity index is 566. The summed E-state index contributed by atoms with van der Waals surface area (Å²) in [5, 5.41) is 23.5. The lowest BCUT2D eigenvalue weighted by atomic mass is 9.79. The number of piperazine rings is 1. The molecule has 2 rings (SSSR count). The molecule has 120 valence electrons. The van der Waals surface area contributed by atoms with Gasteiger partial charge in [0.05, 0.1) is 18.7 Å². The molecule has 1 heterocycles. The molecule has 0 amide bonds. The number of phenolic OH excluding ortho intramolecular Hbond substituents is 1.